The van der Waals surface area contributed by atoms with Gasteiger partial charge in [-0.3, -0.25) is 0 Å². The predicted octanol–water partition coefficient (Wildman–Crippen LogP) is 4.96. The van der Waals surface area contributed by atoms with Gasteiger partial charge >= 0.3 is 0 Å². The summed E-state index contributed by atoms with van der Waals surface area (Å²) in [5.41, 5.74) is 0.357. The average Bonchev–Trinajstić information content (AvgIpc) is 2.67. The van der Waals surface area contributed by atoms with Gasteiger partial charge < -0.3 is 0 Å². The lowest BCUT2D eigenvalue weighted by atomic mass is 10.3. The van der Waals surface area contributed by atoms with Crippen molar-refractivity contribution in [2.75, 3.05) is 0 Å². The van der Waals surface area contributed by atoms with E-state index >= 15 is 0 Å². The minimum atomic E-state index is -2.71. The molecular weight excluding hydrogens is 349 g/mol. The quantitative estimate of drug-likeness (QED) is 0.711. The van der Waals surface area contributed by atoms with Gasteiger partial charge in [-0.2, -0.15) is 5.10 Å². The lowest BCUT2D eigenvalue weighted by molar-refractivity contribution is 0.144. The van der Waals surface area contributed by atoms with Crippen molar-refractivity contribution < 1.29 is 8.78 Å². The standard InChI is InChI=1S/C11H7BrCl2F2N2/c12-7-3-1-2-4-8(7)18-10(14)6(5-13)9(17-18)11(15)16/h1-4,11H,5H2. The fourth-order valence-electron chi connectivity index (χ4n) is 1.53. The first-order chi connectivity index (χ1) is 8.56. The minimum Gasteiger partial charge on any atom is -0.220 e. The Hall–Kier alpha value is -0.650. The van der Waals surface area contributed by atoms with Crippen LogP contribution in [0, 0.1) is 0 Å². The number of benzene rings is 1. The van der Waals surface area contributed by atoms with Crippen LogP contribution in [0.15, 0.2) is 28.7 Å². The van der Waals surface area contributed by atoms with Crippen molar-refractivity contribution in [3.63, 3.8) is 0 Å². The van der Waals surface area contributed by atoms with Gasteiger partial charge in [-0.25, -0.2) is 13.5 Å². The Morgan fingerprint density at radius 1 is 1.33 bits per heavy atom. The highest BCUT2D eigenvalue weighted by Crippen LogP contribution is 2.32. The maximum Gasteiger partial charge on any atom is 0.282 e. The minimum absolute atomic E-state index is 0.104. The molecule has 0 aliphatic carbocycles. The Morgan fingerprint density at radius 2 is 2.00 bits per heavy atom. The Labute approximate surface area is 121 Å². The normalized spacial score (nSPS) is 11.2. The summed E-state index contributed by atoms with van der Waals surface area (Å²) in [6, 6.07) is 7.06. The largest absolute Gasteiger partial charge is 0.282 e. The monoisotopic (exact) mass is 354 g/mol. The smallest absolute Gasteiger partial charge is 0.220 e. The molecule has 0 amide bonds. The first-order valence-electron chi connectivity index (χ1n) is 4.92. The van der Waals surface area contributed by atoms with E-state index in [0.717, 1.165) is 0 Å². The van der Waals surface area contributed by atoms with E-state index in [-0.39, 0.29) is 22.3 Å². The van der Waals surface area contributed by atoms with E-state index in [9.17, 15) is 8.78 Å². The number of alkyl halides is 3. The van der Waals surface area contributed by atoms with Gasteiger partial charge in [-0.1, -0.05) is 23.7 Å². The van der Waals surface area contributed by atoms with Crippen LogP contribution in [0.1, 0.15) is 17.7 Å². The van der Waals surface area contributed by atoms with Crippen LogP contribution in [0.5, 0.6) is 0 Å². The molecule has 1 aromatic heterocycles. The van der Waals surface area contributed by atoms with Crippen molar-refractivity contribution >= 4 is 39.1 Å². The van der Waals surface area contributed by atoms with E-state index < -0.39 is 6.43 Å². The SMILES string of the molecule is FC(F)c1nn(-c2ccccc2Br)c(Cl)c1CCl. The van der Waals surface area contributed by atoms with Crippen LogP contribution in [0.3, 0.4) is 0 Å². The van der Waals surface area contributed by atoms with Gasteiger partial charge in [0.05, 0.1) is 11.6 Å². The Balaban J connectivity index is 2.63. The fraction of sp³-hybridized carbons (Fsp3) is 0.182. The second-order valence-corrected chi connectivity index (χ2v) is 4.93. The molecule has 0 saturated carbocycles. The third-order valence-electron chi connectivity index (χ3n) is 2.37. The lowest BCUT2D eigenvalue weighted by Gasteiger charge is -2.05. The highest BCUT2D eigenvalue weighted by Gasteiger charge is 2.23. The van der Waals surface area contributed by atoms with Gasteiger partial charge in [-0.05, 0) is 28.1 Å². The number of hydrogen-bond donors (Lipinski definition) is 0. The van der Waals surface area contributed by atoms with E-state index in [0.29, 0.717) is 10.2 Å². The summed E-state index contributed by atoms with van der Waals surface area (Å²) in [6.07, 6.45) is -2.71. The Kier molecular flexibility index (Phi) is 4.25. The van der Waals surface area contributed by atoms with E-state index in [1.165, 1.54) is 4.68 Å². The molecule has 18 heavy (non-hydrogen) atoms. The number of nitrogens with zero attached hydrogens (tertiary/aromatic N) is 2. The van der Waals surface area contributed by atoms with Crippen LogP contribution in [-0.2, 0) is 5.88 Å². The third kappa shape index (κ3) is 2.39. The molecule has 0 spiro atoms. The summed E-state index contributed by atoms with van der Waals surface area (Å²) in [4.78, 5) is 0. The van der Waals surface area contributed by atoms with Gasteiger partial charge in [0, 0.05) is 10.0 Å². The van der Waals surface area contributed by atoms with Crippen LogP contribution >= 0.6 is 39.1 Å². The highest BCUT2D eigenvalue weighted by atomic mass is 79.9. The predicted molar refractivity (Wildman–Crippen MR) is 70.8 cm³/mol. The van der Waals surface area contributed by atoms with Crippen LogP contribution in [0.4, 0.5) is 8.78 Å². The second-order valence-electron chi connectivity index (χ2n) is 3.45. The van der Waals surface area contributed by atoms with Gasteiger partial charge in [0.2, 0.25) is 0 Å². The molecule has 2 aromatic rings. The molecule has 96 valence electrons. The van der Waals surface area contributed by atoms with Crippen molar-refractivity contribution in [3.8, 4) is 5.69 Å². The number of hydrogen-bond acceptors (Lipinski definition) is 1. The molecule has 2 nitrogen and oxygen atoms in total. The molecule has 1 heterocycles. The van der Waals surface area contributed by atoms with Crippen molar-refractivity contribution in [2.24, 2.45) is 0 Å². The van der Waals surface area contributed by atoms with Gasteiger partial charge in [-0.15, -0.1) is 11.6 Å². The zero-order valence-electron chi connectivity index (χ0n) is 8.88. The van der Waals surface area contributed by atoms with Crippen molar-refractivity contribution in [2.45, 2.75) is 12.3 Å². The molecule has 0 saturated heterocycles. The summed E-state index contributed by atoms with van der Waals surface area (Å²) >= 11 is 15.0. The van der Waals surface area contributed by atoms with Gasteiger partial charge in [0.25, 0.3) is 6.43 Å². The Bertz CT molecular complexity index is 572. The maximum atomic E-state index is 12.8. The number of rotatable bonds is 3. The zero-order valence-corrected chi connectivity index (χ0v) is 12.0. The molecule has 1 aromatic carbocycles. The number of halogens is 5. The molecule has 2 rings (SSSR count). The summed E-state index contributed by atoms with van der Waals surface area (Å²) < 4.78 is 27.6. The maximum absolute atomic E-state index is 12.8. The summed E-state index contributed by atoms with van der Waals surface area (Å²) in [7, 11) is 0. The topological polar surface area (TPSA) is 17.8 Å². The fourth-order valence-corrected chi connectivity index (χ4v) is 2.60. The molecule has 0 atom stereocenters. The van der Waals surface area contributed by atoms with Gasteiger partial charge in [0.1, 0.15) is 10.8 Å². The number of para-hydroxylation sites is 1. The Morgan fingerprint density at radius 3 is 2.50 bits per heavy atom. The van der Waals surface area contributed by atoms with Crippen LogP contribution in [0.25, 0.3) is 5.69 Å². The molecule has 0 N–H and O–H groups in total. The first kappa shape index (κ1) is 13.8. The molecule has 0 unspecified atom stereocenters. The average molecular weight is 356 g/mol. The molecular formula is C11H7BrCl2F2N2. The summed E-state index contributed by atoms with van der Waals surface area (Å²) in [6.45, 7) is 0. The molecule has 7 heteroatoms. The van der Waals surface area contributed by atoms with Crippen LogP contribution in [-0.4, -0.2) is 9.78 Å². The van der Waals surface area contributed by atoms with Crippen molar-refractivity contribution in [1.82, 2.24) is 9.78 Å². The van der Waals surface area contributed by atoms with Crippen molar-refractivity contribution in [3.05, 3.63) is 45.1 Å². The molecule has 0 radical (unpaired) electrons. The van der Waals surface area contributed by atoms with E-state index in [1.807, 2.05) is 6.07 Å². The van der Waals surface area contributed by atoms with E-state index in [4.69, 9.17) is 23.2 Å². The van der Waals surface area contributed by atoms with Crippen molar-refractivity contribution in [1.29, 1.82) is 0 Å². The van der Waals surface area contributed by atoms with Crippen LogP contribution in [0.2, 0.25) is 5.15 Å². The summed E-state index contributed by atoms with van der Waals surface area (Å²) in [5.74, 6) is -0.108. The number of aromatic nitrogens is 2. The van der Waals surface area contributed by atoms with Crippen LogP contribution < -0.4 is 0 Å². The highest BCUT2D eigenvalue weighted by molar-refractivity contribution is 9.10. The van der Waals surface area contributed by atoms with E-state index in [1.54, 1.807) is 18.2 Å². The zero-order chi connectivity index (χ0) is 13.3. The second kappa shape index (κ2) is 5.55. The molecule has 0 aliphatic heterocycles. The molecule has 0 aliphatic rings. The summed E-state index contributed by atoms with van der Waals surface area (Å²) in [5, 5.41) is 3.94. The third-order valence-corrected chi connectivity index (χ3v) is 3.70. The molecule has 0 fully saturated rings. The van der Waals surface area contributed by atoms with E-state index in [2.05, 4.69) is 21.0 Å². The molecule has 0 bridgehead atoms. The van der Waals surface area contributed by atoms with Gasteiger partial charge in [0.15, 0.2) is 0 Å². The lowest BCUT2D eigenvalue weighted by Crippen LogP contribution is -1.98. The first-order valence-corrected chi connectivity index (χ1v) is 6.63.